The van der Waals surface area contributed by atoms with Crippen LogP contribution in [0.4, 0.5) is 17.3 Å². The van der Waals surface area contributed by atoms with Crippen LogP contribution in [0.3, 0.4) is 0 Å². The van der Waals surface area contributed by atoms with Gasteiger partial charge in [0.05, 0.1) is 46.9 Å². The number of benzene rings is 1. The molecule has 0 fully saturated rings. The molecule has 0 bridgehead atoms. The first-order valence-corrected chi connectivity index (χ1v) is 12.4. The number of hydrogen-bond donors (Lipinski definition) is 1. The fourth-order valence-electron chi connectivity index (χ4n) is 4.16. The Labute approximate surface area is 194 Å². The lowest BCUT2D eigenvalue weighted by molar-refractivity contribution is 0.133. The van der Waals surface area contributed by atoms with Gasteiger partial charge >= 0.3 is 0 Å². The summed E-state index contributed by atoms with van der Waals surface area (Å²) in [4.78, 5) is 13.5. The van der Waals surface area contributed by atoms with Crippen LogP contribution in [-0.2, 0) is 40.8 Å². The van der Waals surface area contributed by atoms with E-state index in [1.54, 1.807) is 37.5 Å². The Bertz CT molecular complexity index is 1300. The highest BCUT2D eigenvalue weighted by Crippen LogP contribution is 2.36. The number of pyridine rings is 1. The Morgan fingerprint density at radius 2 is 2.00 bits per heavy atom. The maximum Gasteiger partial charge on any atom is 0.240 e. The molecule has 0 saturated carbocycles. The van der Waals surface area contributed by atoms with E-state index in [0.717, 1.165) is 45.9 Å². The lowest BCUT2D eigenvalue weighted by Crippen LogP contribution is -2.42. The van der Waals surface area contributed by atoms with E-state index in [-0.39, 0.29) is 0 Å². The zero-order valence-corrected chi connectivity index (χ0v) is 19.8. The summed E-state index contributed by atoms with van der Waals surface area (Å²) in [6.45, 7) is 6.64. The predicted molar refractivity (Wildman–Crippen MR) is 127 cm³/mol. The molecule has 0 spiro atoms. The second-order valence-corrected chi connectivity index (χ2v) is 12.0. The highest BCUT2D eigenvalue weighted by molar-refractivity contribution is 7.94. The fraction of sp³-hybridized carbons (Fsp3) is 0.375. The van der Waals surface area contributed by atoms with Gasteiger partial charge in [0.2, 0.25) is 16.0 Å². The van der Waals surface area contributed by atoms with Crippen molar-refractivity contribution in [2.45, 2.75) is 51.6 Å². The number of rotatable bonds is 5. The number of aromatic nitrogens is 3. The summed E-state index contributed by atoms with van der Waals surface area (Å²) < 4.78 is 32.6. The molecule has 0 amide bonds. The standard InChI is InChI=1S/C24H27N5O3S/c1-24(2,3)33(30,31)29-10-8-17-7-6-16(12-22(17)29)11-20-19-14-32-15-21(19)28-23(27-20)26-18-5-4-9-25-13-18/h4-7,9,12-13H,8,10-11,14-15H2,1-3H3,(H,26,27,28). The zero-order chi connectivity index (χ0) is 23.2. The van der Waals surface area contributed by atoms with E-state index in [1.807, 2.05) is 24.3 Å². The zero-order valence-electron chi connectivity index (χ0n) is 19.0. The minimum atomic E-state index is -3.46. The Kier molecular flexibility index (Phi) is 5.33. The molecular weight excluding hydrogens is 438 g/mol. The van der Waals surface area contributed by atoms with E-state index in [9.17, 15) is 8.42 Å². The van der Waals surface area contributed by atoms with E-state index in [4.69, 9.17) is 9.72 Å². The van der Waals surface area contributed by atoms with E-state index in [1.165, 1.54) is 0 Å². The molecule has 3 aromatic rings. The third-order valence-corrected chi connectivity index (χ3v) is 8.53. The van der Waals surface area contributed by atoms with Crippen LogP contribution >= 0.6 is 0 Å². The molecule has 1 N–H and O–H groups in total. The van der Waals surface area contributed by atoms with Crippen LogP contribution in [0, 0.1) is 0 Å². The van der Waals surface area contributed by atoms with Crippen molar-refractivity contribution in [1.82, 2.24) is 15.0 Å². The van der Waals surface area contributed by atoms with E-state index in [2.05, 4.69) is 21.4 Å². The topological polar surface area (TPSA) is 97.3 Å². The minimum Gasteiger partial charge on any atom is -0.370 e. The summed E-state index contributed by atoms with van der Waals surface area (Å²) in [5.41, 5.74) is 6.41. The molecule has 0 saturated heterocycles. The van der Waals surface area contributed by atoms with Crippen molar-refractivity contribution >= 4 is 27.3 Å². The van der Waals surface area contributed by atoms with Gasteiger partial charge < -0.3 is 10.1 Å². The Balaban J connectivity index is 1.48. The lowest BCUT2D eigenvalue weighted by atomic mass is 10.0. The van der Waals surface area contributed by atoms with Crippen molar-refractivity contribution in [2.24, 2.45) is 0 Å². The number of sulfonamides is 1. The van der Waals surface area contributed by atoms with Crippen LogP contribution in [0.1, 0.15) is 48.8 Å². The molecule has 0 unspecified atom stereocenters. The van der Waals surface area contributed by atoms with Gasteiger partial charge in [0.1, 0.15) is 0 Å². The van der Waals surface area contributed by atoms with Crippen molar-refractivity contribution in [3.8, 4) is 0 Å². The van der Waals surface area contributed by atoms with Crippen LogP contribution in [0.25, 0.3) is 0 Å². The molecule has 8 nitrogen and oxygen atoms in total. The molecule has 0 radical (unpaired) electrons. The first-order valence-electron chi connectivity index (χ1n) is 11.0. The van der Waals surface area contributed by atoms with Crippen LogP contribution in [0.5, 0.6) is 0 Å². The highest BCUT2D eigenvalue weighted by atomic mass is 32.2. The molecule has 5 rings (SSSR count). The summed E-state index contributed by atoms with van der Waals surface area (Å²) in [5.74, 6) is 0.500. The second-order valence-electron chi connectivity index (χ2n) is 9.36. The average Bonchev–Trinajstić information content (AvgIpc) is 3.40. The van der Waals surface area contributed by atoms with Crippen LogP contribution < -0.4 is 9.62 Å². The number of fused-ring (bicyclic) bond motifs is 2. The monoisotopic (exact) mass is 465 g/mol. The lowest BCUT2D eigenvalue weighted by Gasteiger charge is -2.28. The second kappa shape index (κ2) is 8.07. The van der Waals surface area contributed by atoms with Crippen molar-refractivity contribution in [3.63, 3.8) is 0 Å². The molecule has 0 aliphatic carbocycles. The predicted octanol–water partition coefficient (Wildman–Crippen LogP) is 3.73. The average molecular weight is 466 g/mol. The smallest absolute Gasteiger partial charge is 0.240 e. The SMILES string of the molecule is CC(C)(C)S(=O)(=O)N1CCc2ccc(Cc3nc(Nc4cccnc4)nc4c3COC4)cc21. The van der Waals surface area contributed by atoms with Gasteiger partial charge in [0, 0.05) is 24.7 Å². The number of nitrogens with one attached hydrogen (secondary N) is 1. The van der Waals surface area contributed by atoms with Gasteiger partial charge in [-0.2, -0.15) is 0 Å². The summed E-state index contributed by atoms with van der Waals surface area (Å²) in [6.07, 6.45) is 4.72. The number of nitrogens with zero attached hydrogens (tertiary/aromatic N) is 4. The van der Waals surface area contributed by atoms with E-state index >= 15 is 0 Å². The minimum absolute atomic E-state index is 0.453. The van der Waals surface area contributed by atoms with Gasteiger partial charge in [-0.25, -0.2) is 18.4 Å². The molecule has 2 aliphatic heterocycles. The molecule has 4 heterocycles. The van der Waals surface area contributed by atoms with Crippen molar-refractivity contribution in [1.29, 1.82) is 0 Å². The van der Waals surface area contributed by atoms with Gasteiger partial charge in [-0.05, 0) is 56.5 Å². The van der Waals surface area contributed by atoms with Crippen LogP contribution in [0.2, 0.25) is 0 Å². The van der Waals surface area contributed by atoms with Gasteiger partial charge in [0.25, 0.3) is 0 Å². The first-order chi connectivity index (χ1) is 15.7. The van der Waals surface area contributed by atoms with E-state index in [0.29, 0.717) is 32.1 Å². The van der Waals surface area contributed by atoms with Crippen molar-refractivity contribution in [2.75, 3.05) is 16.2 Å². The molecule has 33 heavy (non-hydrogen) atoms. The maximum absolute atomic E-state index is 13.1. The quantitative estimate of drug-likeness (QED) is 0.613. The maximum atomic E-state index is 13.1. The molecule has 2 aromatic heterocycles. The van der Waals surface area contributed by atoms with E-state index < -0.39 is 14.8 Å². The summed E-state index contributed by atoms with van der Waals surface area (Å²) >= 11 is 0. The van der Waals surface area contributed by atoms with Crippen molar-refractivity contribution in [3.05, 3.63) is 70.8 Å². The molecule has 9 heteroatoms. The van der Waals surface area contributed by atoms with Gasteiger partial charge in [-0.15, -0.1) is 0 Å². The molecule has 1 aromatic carbocycles. The Hall–Kier alpha value is -3.04. The van der Waals surface area contributed by atoms with Gasteiger partial charge in [-0.3, -0.25) is 9.29 Å². The van der Waals surface area contributed by atoms with Crippen LogP contribution in [0.15, 0.2) is 42.7 Å². The highest BCUT2D eigenvalue weighted by Gasteiger charge is 2.38. The summed E-state index contributed by atoms with van der Waals surface area (Å²) in [6, 6.07) is 9.84. The van der Waals surface area contributed by atoms with Gasteiger partial charge in [-0.1, -0.05) is 12.1 Å². The van der Waals surface area contributed by atoms with Gasteiger partial charge in [0.15, 0.2) is 0 Å². The third-order valence-electron chi connectivity index (χ3n) is 6.02. The number of ether oxygens (including phenoxy) is 1. The number of anilines is 3. The summed E-state index contributed by atoms with van der Waals surface area (Å²) in [7, 11) is -3.46. The van der Waals surface area contributed by atoms with Crippen molar-refractivity contribution < 1.29 is 13.2 Å². The Morgan fingerprint density at radius 1 is 1.15 bits per heavy atom. The first kappa shape index (κ1) is 21.8. The number of hydrogen-bond acceptors (Lipinski definition) is 7. The van der Waals surface area contributed by atoms with Crippen LogP contribution in [-0.4, -0.2) is 34.7 Å². The molecular formula is C24H27N5O3S. The molecule has 2 aliphatic rings. The third kappa shape index (κ3) is 4.06. The largest absolute Gasteiger partial charge is 0.370 e. The molecule has 172 valence electrons. The fourth-order valence-corrected chi connectivity index (χ4v) is 5.59. The molecule has 0 atom stereocenters. The normalized spacial score (nSPS) is 15.4. The summed E-state index contributed by atoms with van der Waals surface area (Å²) in [5, 5.41) is 3.22. The Morgan fingerprint density at radius 3 is 2.76 bits per heavy atom.